The smallest absolute Gasteiger partial charge is 0.128 e. The maximum atomic E-state index is 9.37. The van der Waals surface area contributed by atoms with Crippen molar-refractivity contribution in [2.24, 2.45) is 5.16 Å². The lowest BCUT2D eigenvalue weighted by Gasteiger charge is -2.06. The van der Waals surface area contributed by atoms with Gasteiger partial charge in [-0.15, -0.1) is 0 Å². The molecule has 1 rings (SSSR count). The summed E-state index contributed by atoms with van der Waals surface area (Å²) in [5.41, 5.74) is 0.447. The van der Waals surface area contributed by atoms with Gasteiger partial charge in [-0.1, -0.05) is 18.1 Å². The van der Waals surface area contributed by atoms with Crippen molar-refractivity contribution in [2.75, 3.05) is 0 Å². The molecular formula is C9H11NO3. The first-order valence-corrected chi connectivity index (χ1v) is 3.93. The molecule has 0 heterocycles. The first-order chi connectivity index (χ1) is 6.20. The molecular weight excluding hydrogens is 170 g/mol. The molecule has 0 aliphatic heterocycles. The fourth-order valence-corrected chi connectivity index (χ4v) is 1.12. The topological polar surface area (TPSA) is 73.1 Å². The van der Waals surface area contributed by atoms with Crippen LogP contribution in [0.15, 0.2) is 23.4 Å². The molecule has 0 saturated heterocycles. The SMILES string of the molecule is CCC(=NO)c1c(O)cccc1O. The summed E-state index contributed by atoms with van der Waals surface area (Å²) in [5, 5.41) is 30.3. The van der Waals surface area contributed by atoms with Gasteiger partial charge in [0, 0.05) is 0 Å². The van der Waals surface area contributed by atoms with Crippen LogP contribution in [0.3, 0.4) is 0 Å². The number of oxime groups is 1. The van der Waals surface area contributed by atoms with Crippen molar-refractivity contribution in [1.29, 1.82) is 0 Å². The van der Waals surface area contributed by atoms with Crippen LogP contribution in [0.25, 0.3) is 0 Å². The largest absolute Gasteiger partial charge is 0.507 e. The number of benzene rings is 1. The Bertz CT molecular complexity index is 313. The molecule has 0 amide bonds. The molecule has 1 aromatic rings. The van der Waals surface area contributed by atoms with E-state index in [2.05, 4.69) is 5.16 Å². The summed E-state index contributed by atoms with van der Waals surface area (Å²) >= 11 is 0. The van der Waals surface area contributed by atoms with Gasteiger partial charge in [0.1, 0.15) is 11.5 Å². The Morgan fingerprint density at radius 1 is 1.31 bits per heavy atom. The molecule has 0 saturated carbocycles. The minimum absolute atomic E-state index is 0.0883. The molecule has 0 aromatic heterocycles. The molecule has 4 nitrogen and oxygen atoms in total. The number of rotatable bonds is 2. The van der Waals surface area contributed by atoms with E-state index in [1.54, 1.807) is 6.92 Å². The zero-order chi connectivity index (χ0) is 9.84. The second-order valence-electron chi connectivity index (χ2n) is 2.57. The monoisotopic (exact) mass is 181 g/mol. The maximum absolute atomic E-state index is 9.37. The summed E-state index contributed by atoms with van der Waals surface area (Å²) in [7, 11) is 0. The summed E-state index contributed by atoms with van der Waals surface area (Å²) in [6.45, 7) is 1.76. The van der Waals surface area contributed by atoms with Crippen LogP contribution in [0.4, 0.5) is 0 Å². The zero-order valence-electron chi connectivity index (χ0n) is 7.23. The Morgan fingerprint density at radius 3 is 2.23 bits per heavy atom. The highest BCUT2D eigenvalue weighted by Crippen LogP contribution is 2.27. The average Bonchev–Trinajstić information content (AvgIpc) is 2.11. The van der Waals surface area contributed by atoms with Crippen molar-refractivity contribution in [3.05, 3.63) is 23.8 Å². The van der Waals surface area contributed by atoms with Gasteiger partial charge in [-0.25, -0.2) is 0 Å². The lowest BCUT2D eigenvalue weighted by Crippen LogP contribution is -1.99. The van der Waals surface area contributed by atoms with Gasteiger partial charge in [-0.3, -0.25) is 0 Å². The summed E-state index contributed by atoms with van der Waals surface area (Å²) < 4.78 is 0. The van der Waals surface area contributed by atoms with Gasteiger partial charge >= 0.3 is 0 Å². The molecule has 0 atom stereocenters. The van der Waals surface area contributed by atoms with E-state index in [0.717, 1.165) is 0 Å². The highest BCUT2D eigenvalue weighted by atomic mass is 16.4. The Labute approximate surface area is 75.8 Å². The highest BCUT2D eigenvalue weighted by molar-refractivity contribution is 6.04. The number of nitrogens with zero attached hydrogens (tertiary/aromatic N) is 1. The van der Waals surface area contributed by atoms with Crippen LogP contribution in [0.5, 0.6) is 11.5 Å². The fourth-order valence-electron chi connectivity index (χ4n) is 1.12. The highest BCUT2D eigenvalue weighted by Gasteiger charge is 2.12. The summed E-state index contributed by atoms with van der Waals surface area (Å²) in [5.74, 6) is -0.177. The second kappa shape index (κ2) is 3.80. The van der Waals surface area contributed by atoms with E-state index < -0.39 is 0 Å². The zero-order valence-corrected chi connectivity index (χ0v) is 7.23. The number of hydrogen-bond acceptors (Lipinski definition) is 4. The molecule has 1 aromatic carbocycles. The van der Waals surface area contributed by atoms with Crippen molar-refractivity contribution < 1.29 is 15.4 Å². The van der Waals surface area contributed by atoms with Crippen molar-refractivity contribution in [3.63, 3.8) is 0 Å². The van der Waals surface area contributed by atoms with Crippen molar-refractivity contribution in [3.8, 4) is 11.5 Å². The summed E-state index contributed by atoms with van der Waals surface area (Å²) in [6.07, 6.45) is 0.432. The molecule has 3 N–H and O–H groups in total. The van der Waals surface area contributed by atoms with E-state index in [1.807, 2.05) is 0 Å². The first kappa shape index (κ1) is 9.38. The first-order valence-electron chi connectivity index (χ1n) is 3.93. The molecule has 0 bridgehead atoms. The standard InChI is InChI=1S/C9H11NO3/c1-2-6(10-13)9-7(11)4-3-5-8(9)12/h3-5,11-13H,2H2,1H3. The average molecular weight is 181 g/mol. The van der Waals surface area contributed by atoms with Gasteiger partial charge in [0.05, 0.1) is 11.3 Å². The number of phenols is 2. The molecule has 0 aliphatic rings. The molecule has 13 heavy (non-hydrogen) atoms. The molecule has 0 fully saturated rings. The Balaban J connectivity index is 3.27. The third-order valence-electron chi connectivity index (χ3n) is 1.76. The van der Waals surface area contributed by atoms with Crippen LogP contribution in [-0.2, 0) is 0 Å². The van der Waals surface area contributed by atoms with Gasteiger partial charge in [0.25, 0.3) is 0 Å². The molecule has 4 heteroatoms. The van der Waals surface area contributed by atoms with Gasteiger partial charge in [0.2, 0.25) is 0 Å². The fraction of sp³-hybridized carbons (Fsp3) is 0.222. The summed E-state index contributed by atoms with van der Waals surface area (Å²) in [6, 6.07) is 4.37. The van der Waals surface area contributed by atoms with Gasteiger partial charge in [0.15, 0.2) is 0 Å². The van der Waals surface area contributed by atoms with Crippen LogP contribution < -0.4 is 0 Å². The van der Waals surface area contributed by atoms with Crippen LogP contribution in [0.1, 0.15) is 18.9 Å². The Kier molecular flexibility index (Phi) is 2.74. The second-order valence-corrected chi connectivity index (χ2v) is 2.57. The quantitative estimate of drug-likeness (QED) is 0.369. The van der Waals surface area contributed by atoms with Crippen molar-refractivity contribution in [1.82, 2.24) is 0 Å². The van der Waals surface area contributed by atoms with E-state index >= 15 is 0 Å². The Hall–Kier alpha value is -1.71. The molecule has 0 spiro atoms. The predicted molar refractivity (Wildman–Crippen MR) is 48.4 cm³/mol. The van der Waals surface area contributed by atoms with Crippen LogP contribution in [-0.4, -0.2) is 21.1 Å². The van der Waals surface area contributed by atoms with Gasteiger partial charge < -0.3 is 15.4 Å². The molecule has 0 aliphatic carbocycles. The normalized spacial score (nSPS) is 11.6. The minimum Gasteiger partial charge on any atom is -0.507 e. The third-order valence-corrected chi connectivity index (χ3v) is 1.76. The van der Waals surface area contributed by atoms with E-state index in [9.17, 15) is 10.2 Å². The van der Waals surface area contributed by atoms with Gasteiger partial charge in [-0.05, 0) is 18.6 Å². The third kappa shape index (κ3) is 1.72. The number of aromatic hydroxyl groups is 2. The van der Waals surface area contributed by atoms with E-state index in [4.69, 9.17) is 5.21 Å². The molecule has 70 valence electrons. The van der Waals surface area contributed by atoms with Gasteiger partial charge in [-0.2, -0.15) is 0 Å². The van der Waals surface area contributed by atoms with Crippen LogP contribution >= 0.6 is 0 Å². The molecule has 0 unspecified atom stereocenters. The van der Waals surface area contributed by atoms with Crippen molar-refractivity contribution in [2.45, 2.75) is 13.3 Å². The predicted octanol–water partition coefficient (Wildman–Crippen LogP) is 1.69. The summed E-state index contributed by atoms with van der Waals surface area (Å²) in [4.78, 5) is 0. The van der Waals surface area contributed by atoms with Crippen molar-refractivity contribution >= 4 is 5.71 Å². The minimum atomic E-state index is -0.0883. The Morgan fingerprint density at radius 2 is 1.85 bits per heavy atom. The number of hydrogen-bond donors (Lipinski definition) is 3. The lowest BCUT2D eigenvalue weighted by molar-refractivity contribution is 0.317. The van der Waals surface area contributed by atoms with E-state index in [0.29, 0.717) is 6.42 Å². The maximum Gasteiger partial charge on any atom is 0.128 e. The van der Waals surface area contributed by atoms with Crippen LogP contribution in [0, 0.1) is 0 Å². The van der Waals surface area contributed by atoms with E-state index in [-0.39, 0.29) is 22.8 Å². The molecule has 0 radical (unpaired) electrons. The lowest BCUT2D eigenvalue weighted by atomic mass is 10.1. The van der Waals surface area contributed by atoms with E-state index in [1.165, 1.54) is 18.2 Å². The number of phenolic OH excluding ortho intramolecular Hbond substituents is 2. The van der Waals surface area contributed by atoms with Crippen LogP contribution in [0.2, 0.25) is 0 Å².